The van der Waals surface area contributed by atoms with Crippen molar-refractivity contribution < 1.29 is 4.79 Å². The number of carbonyl (C=O) groups excluding carboxylic acids is 1. The minimum Gasteiger partial charge on any atom is -0.344 e. The van der Waals surface area contributed by atoms with Gasteiger partial charge >= 0.3 is 0 Å². The molecule has 1 aliphatic carbocycles. The molecule has 0 bridgehead atoms. The molecule has 9 heteroatoms. The zero-order valence-corrected chi connectivity index (χ0v) is 17.1. The van der Waals surface area contributed by atoms with Crippen LogP contribution in [-0.4, -0.2) is 37.1 Å². The number of nitrogens with zero attached hydrogens (tertiary/aromatic N) is 5. The van der Waals surface area contributed by atoms with Gasteiger partial charge in [0.2, 0.25) is 0 Å². The van der Waals surface area contributed by atoms with E-state index in [1.807, 2.05) is 17.0 Å². The molecule has 1 N–H and O–H groups in total. The van der Waals surface area contributed by atoms with Crippen molar-refractivity contribution in [2.45, 2.75) is 45.4 Å². The fourth-order valence-electron chi connectivity index (χ4n) is 3.66. The van der Waals surface area contributed by atoms with Crippen LogP contribution in [0, 0.1) is 5.92 Å². The Labute approximate surface area is 171 Å². The van der Waals surface area contributed by atoms with Crippen LogP contribution >= 0.6 is 22.7 Å². The molecule has 1 amide bonds. The third-order valence-electron chi connectivity index (χ3n) is 5.28. The molecule has 28 heavy (non-hydrogen) atoms. The largest absolute Gasteiger partial charge is 0.344 e. The van der Waals surface area contributed by atoms with Gasteiger partial charge in [0.05, 0.1) is 13.1 Å². The number of carbonyl (C=O) groups is 1. The molecule has 4 heterocycles. The maximum atomic E-state index is 12.9. The molecule has 0 radical (unpaired) electrons. The highest BCUT2D eigenvalue weighted by Crippen LogP contribution is 2.33. The second-order valence-corrected chi connectivity index (χ2v) is 9.35. The Bertz CT molecular complexity index is 946. The second-order valence-electron chi connectivity index (χ2n) is 7.39. The molecule has 3 aromatic rings. The van der Waals surface area contributed by atoms with Crippen LogP contribution in [0.15, 0.2) is 23.2 Å². The predicted octanol–water partition coefficient (Wildman–Crippen LogP) is 2.69. The highest BCUT2D eigenvalue weighted by atomic mass is 32.1. The molecule has 1 aliphatic heterocycles. The zero-order chi connectivity index (χ0) is 18.9. The molecular formula is C19H22N6OS2. The normalized spacial score (nSPS) is 16.9. The van der Waals surface area contributed by atoms with E-state index in [9.17, 15) is 4.79 Å². The number of hydrogen-bond acceptors (Lipinski definition) is 7. The number of aromatic nitrogens is 4. The molecule has 3 aromatic heterocycles. The molecule has 0 unspecified atom stereocenters. The first kappa shape index (κ1) is 18.0. The average Bonchev–Trinajstić information content (AvgIpc) is 3.10. The van der Waals surface area contributed by atoms with Crippen molar-refractivity contribution in [1.29, 1.82) is 0 Å². The number of amides is 1. The van der Waals surface area contributed by atoms with Crippen LogP contribution in [0.5, 0.6) is 0 Å². The van der Waals surface area contributed by atoms with E-state index in [1.165, 1.54) is 18.5 Å². The molecule has 2 aliphatic rings. The van der Waals surface area contributed by atoms with Crippen LogP contribution in [0.2, 0.25) is 0 Å². The molecule has 1 saturated carbocycles. The maximum absolute atomic E-state index is 12.9. The monoisotopic (exact) mass is 414 g/mol. The average molecular weight is 415 g/mol. The van der Waals surface area contributed by atoms with E-state index in [4.69, 9.17) is 5.10 Å². The Kier molecular flexibility index (Phi) is 4.96. The molecule has 1 fully saturated rings. The molecule has 0 aromatic carbocycles. The quantitative estimate of drug-likeness (QED) is 0.643. The van der Waals surface area contributed by atoms with Crippen molar-refractivity contribution in [1.82, 2.24) is 30.0 Å². The van der Waals surface area contributed by atoms with Gasteiger partial charge in [-0.05, 0) is 18.8 Å². The summed E-state index contributed by atoms with van der Waals surface area (Å²) in [6, 6.07) is 0. The van der Waals surface area contributed by atoms with Gasteiger partial charge in [-0.2, -0.15) is 5.10 Å². The van der Waals surface area contributed by atoms with E-state index in [0.29, 0.717) is 12.2 Å². The minimum atomic E-state index is -0.0999. The number of hydrogen-bond donors (Lipinski definition) is 1. The first-order valence-corrected chi connectivity index (χ1v) is 11.4. The summed E-state index contributed by atoms with van der Waals surface area (Å²) in [5.41, 5.74) is 2.90. The minimum absolute atomic E-state index is 0.0999. The first-order valence-electron chi connectivity index (χ1n) is 9.62. The summed E-state index contributed by atoms with van der Waals surface area (Å²) in [6.45, 7) is 3.94. The summed E-state index contributed by atoms with van der Waals surface area (Å²) in [5, 5.41) is 13.7. The van der Waals surface area contributed by atoms with E-state index in [1.54, 1.807) is 28.9 Å². The van der Waals surface area contributed by atoms with Crippen LogP contribution in [-0.2, 0) is 32.6 Å². The fourth-order valence-corrected chi connectivity index (χ4v) is 4.88. The van der Waals surface area contributed by atoms with Gasteiger partial charge in [-0.1, -0.05) is 0 Å². The lowest BCUT2D eigenvalue weighted by molar-refractivity contribution is 0.0942. The lowest BCUT2D eigenvalue weighted by atomic mass is 10.0. The van der Waals surface area contributed by atoms with Crippen LogP contribution in [0.1, 0.15) is 44.6 Å². The van der Waals surface area contributed by atoms with Crippen LogP contribution in [0.25, 0.3) is 0 Å². The van der Waals surface area contributed by atoms with Crippen molar-refractivity contribution in [3.63, 3.8) is 0 Å². The summed E-state index contributed by atoms with van der Waals surface area (Å²) in [4.78, 5) is 23.9. The van der Waals surface area contributed by atoms with Gasteiger partial charge < -0.3 is 5.32 Å². The van der Waals surface area contributed by atoms with E-state index in [-0.39, 0.29) is 5.91 Å². The Morgan fingerprint density at radius 1 is 1.18 bits per heavy atom. The zero-order valence-electron chi connectivity index (χ0n) is 15.5. The first-order chi connectivity index (χ1) is 13.8. The summed E-state index contributed by atoms with van der Waals surface area (Å²) in [5.74, 6) is 0.626. The Morgan fingerprint density at radius 3 is 2.68 bits per heavy atom. The van der Waals surface area contributed by atoms with Gasteiger partial charge in [0.15, 0.2) is 5.69 Å². The predicted molar refractivity (Wildman–Crippen MR) is 108 cm³/mol. The molecule has 0 spiro atoms. The van der Waals surface area contributed by atoms with E-state index < -0.39 is 0 Å². The van der Waals surface area contributed by atoms with E-state index in [0.717, 1.165) is 54.1 Å². The van der Waals surface area contributed by atoms with Crippen molar-refractivity contribution in [3.8, 4) is 0 Å². The van der Waals surface area contributed by atoms with Crippen molar-refractivity contribution >= 4 is 28.6 Å². The molecule has 0 atom stereocenters. The van der Waals surface area contributed by atoms with Crippen molar-refractivity contribution in [3.05, 3.63) is 50.1 Å². The Morgan fingerprint density at radius 2 is 1.96 bits per heavy atom. The van der Waals surface area contributed by atoms with Crippen LogP contribution in [0.3, 0.4) is 0 Å². The lowest BCUT2D eigenvalue weighted by Gasteiger charge is -2.26. The Balaban J connectivity index is 1.36. The van der Waals surface area contributed by atoms with Crippen molar-refractivity contribution in [2.75, 3.05) is 6.54 Å². The third-order valence-corrected chi connectivity index (χ3v) is 6.83. The number of thiazole rings is 2. The molecule has 0 saturated heterocycles. The molecule has 5 rings (SSSR count). The van der Waals surface area contributed by atoms with Gasteiger partial charge in [-0.25, -0.2) is 9.97 Å². The molecular weight excluding hydrogens is 392 g/mol. The van der Waals surface area contributed by atoms with Gasteiger partial charge in [0.1, 0.15) is 10.0 Å². The lowest BCUT2D eigenvalue weighted by Crippen LogP contribution is -2.32. The van der Waals surface area contributed by atoms with Gasteiger partial charge in [-0.15, -0.1) is 22.7 Å². The highest BCUT2D eigenvalue weighted by Gasteiger charge is 2.31. The number of rotatable bonds is 7. The van der Waals surface area contributed by atoms with Crippen LogP contribution in [0.4, 0.5) is 0 Å². The summed E-state index contributed by atoms with van der Waals surface area (Å²) >= 11 is 3.23. The standard InChI is InChI=1S/C19H22N6OS2/c26-19(22-9-16-20-4-7-27-16)18-14-11-24(12-17-21-5-8-28-17)6-3-15(14)25(23-18)10-13-1-2-13/h4-5,7-8,13H,1-3,6,9-12H2,(H,22,26). The summed E-state index contributed by atoms with van der Waals surface area (Å²) in [6.07, 6.45) is 7.09. The summed E-state index contributed by atoms with van der Waals surface area (Å²) in [7, 11) is 0. The van der Waals surface area contributed by atoms with Crippen LogP contribution < -0.4 is 5.32 Å². The summed E-state index contributed by atoms with van der Waals surface area (Å²) < 4.78 is 2.10. The Hall–Kier alpha value is -2.10. The number of fused-ring (bicyclic) bond motifs is 1. The van der Waals surface area contributed by atoms with E-state index in [2.05, 4.69) is 24.9 Å². The topological polar surface area (TPSA) is 75.9 Å². The van der Waals surface area contributed by atoms with Gasteiger partial charge in [-0.3, -0.25) is 14.4 Å². The van der Waals surface area contributed by atoms with Gasteiger partial charge in [0.25, 0.3) is 5.91 Å². The maximum Gasteiger partial charge on any atom is 0.272 e. The molecule has 7 nitrogen and oxygen atoms in total. The second kappa shape index (κ2) is 7.73. The third kappa shape index (κ3) is 3.87. The fraction of sp³-hybridized carbons (Fsp3) is 0.474. The highest BCUT2D eigenvalue weighted by molar-refractivity contribution is 7.09. The molecule has 146 valence electrons. The van der Waals surface area contributed by atoms with E-state index >= 15 is 0 Å². The van der Waals surface area contributed by atoms with Gasteiger partial charge in [0, 0.05) is 60.5 Å². The number of nitrogens with one attached hydrogen (secondary N) is 1. The smallest absolute Gasteiger partial charge is 0.272 e. The van der Waals surface area contributed by atoms with Crippen molar-refractivity contribution in [2.24, 2.45) is 5.92 Å². The SMILES string of the molecule is O=C(NCc1nccs1)c1nn(CC2CC2)c2c1CN(Cc1nccs1)CC2.